The average molecular weight is 283 g/mol. The summed E-state index contributed by atoms with van der Waals surface area (Å²) < 4.78 is 3.15. The van der Waals surface area contributed by atoms with Gasteiger partial charge in [-0.15, -0.1) is 11.3 Å². The highest BCUT2D eigenvalue weighted by atomic mass is 32.1. The highest BCUT2D eigenvalue weighted by Crippen LogP contribution is 2.12. The minimum absolute atomic E-state index is 0.131. The summed E-state index contributed by atoms with van der Waals surface area (Å²) in [6.07, 6.45) is 7.42. The molecule has 0 saturated carbocycles. The number of hydrogen-bond acceptors (Lipinski definition) is 3. The molecule has 3 aromatic rings. The van der Waals surface area contributed by atoms with Crippen molar-refractivity contribution in [1.29, 1.82) is 0 Å². The number of rotatable bonds is 3. The third-order valence-electron chi connectivity index (χ3n) is 2.94. The number of nitrogens with zero attached hydrogens (tertiary/aromatic N) is 3. The monoisotopic (exact) mass is 283 g/mol. The van der Waals surface area contributed by atoms with Gasteiger partial charge in [0, 0.05) is 24.3 Å². The lowest BCUT2D eigenvalue weighted by atomic mass is 10.3. The van der Waals surface area contributed by atoms with Crippen molar-refractivity contribution in [1.82, 2.24) is 14.3 Å². The fraction of sp³-hybridized carbons (Fsp3) is 0.0667. The third-order valence-corrected chi connectivity index (χ3v) is 3.78. The fourth-order valence-electron chi connectivity index (χ4n) is 1.89. The SMILES string of the molecule is Cn1cccc1C(=O)n1ccc(C=Cc2cccs2)n1. The number of carbonyl (C=O) groups is 1. The summed E-state index contributed by atoms with van der Waals surface area (Å²) in [5.41, 5.74) is 1.38. The Morgan fingerprint density at radius 2 is 2.10 bits per heavy atom. The van der Waals surface area contributed by atoms with Gasteiger partial charge in [0.1, 0.15) is 5.69 Å². The second-order valence-corrected chi connectivity index (χ2v) is 5.32. The molecule has 3 heterocycles. The topological polar surface area (TPSA) is 39.8 Å². The van der Waals surface area contributed by atoms with Crippen LogP contribution >= 0.6 is 11.3 Å². The molecule has 0 radical (unpaired) electrons. The molecule has 0 unspecified atom stereocenters. The molecule has 0 aliphatic rings. The van der Waals surface area contributed by atoms with Gasteiger partial charge in [-0.3, -0.25) is 4.79 Å². The number of thiophene rings is 1. The van der Waals surface area contributed by atoms with E-state index in [1.807, 2.05) is 55.0 Å². The molecule has 0 aliphatic heterocycles. The van der Waals surface area contributed by atoms with Crippen LogP contribution in [-0.4, -0.2) is 20.3 Å². The second kappa shape index (κ2) is 5.30. The lowest BCUT2D eigenvalue weighted by Crippen LogP contribution is -2.15. The van der Waals surface area contributed by atoms with Crippen molar-refractivity contribution in [3.8, 4) is 0 Å². The maximum absolute atomic E-state index is 12.2. The normalized spacial score (nSPS) is 11.2. The number of carbonyl (C=O) groups excluding carboxylic acids is 1. The average Bonchev–Trinajstić information content (AvgIpc) is 3.17. The van der Waals surface area contributed by atoms with E-state index in [2.05, 4.69) is 5.10 Å². The first-order valence-electron chi connectivity index (χ1n) is 6.17. The van der Waals surface area contributed by atoms with Gasteiger partial charge in [0.2, 0.25) is 0 Å². The molecule has 0 aliphatic carbocycles. The van der Waals surface area contributed by atoms with Crippen molar-refractivity contribution >= 4 is 29.4 Å². The summed E-state index contributed by atoms with van der Waals surface area (Å²) in [7, 11) is 1.84. The van der Waals surface area contributed by atoms with Crippen LogP contribution in [0.25, 0.3) is 12.2 Å². The molecule has 0 atom stereocenters. The van der Waals surface area contributed by atoms with E-state index in [9.17, 15) is 4.79 Å². The quantitative estimate of drug-likeness (QED) is 0.741. The molecule has 20 heavy (non-hydrogen) atoms. The van der Waals surface area contributed by atoms with Crippen LogP contribution in [0.5, 0.6) is 0 Å². The van der Waals surface area contributed by atoms with Crippen LogP contribution in [0.15, 0.2) is 48.1 Å². The third kappa shape index (κ3) is 2.48. The first-order chi connectivity index (χ1) is 9.74. The Labute approximate surface area is 120 Å². The first kappa shape index (κ1) is 12.6. The minimum Gasteiger partial charge on any atom is -0.347 e. The van der Waals surface area contributed by atoms with Crippen LogP contribution in [0.2, 0.25) is 0 Å². The predicted molar refractivity (Wildman–Crippen MR) is 80.6 cm³/mol. The summed E-state index contributed by atoms with van der Waals surface area (Å²) in [5, 5.41) is 6.30. The molecule has 0 N–H and O–H groups in total. The van der Waals surface area contributed by atoms with Crippen molar-refractivity contribution in [2.75, 3.05) is 0 Å². The zero-order valence-corrected chi connectivity index (χ0v) is 11.7. The Morgan fingerprint density at radius 1 is 1.20 bits per heavy atom. The molecular weight excluding hydrogens is 270 g/mol. The highest BCUT2D eigenvalue weighted by Gasteiger charge is 2.12. The Bertz CT molecular complexity index is 750. The zero-order chi connectivity index (χ0) is 13.9. The molecule has 0 spiro atoms. The number of aryl methyl sites for hydroxylation is 1. The lowest BCUT2D eigenvalue weighted by molar-refractivity contribution is 0.0937. The summed E-state index contributed by atoms with van der Waals surface area (Å²) in [4.78, 5) is 13.4. The molecule has 3 aromatic heterocycles. The summed E-state index contributed by atoms with van der Waals surface area (Å²) in [6, 6.07) is 9.49. The van der Waals surface area contributed by atoms with E-state index < -0.39 is 0 Å². The van der Waals surface area contributed by atoms with E-state index in [4.69, 9.17) is 0 Å². The Balaban J connectivity index is 1.80. The summed E-state index contributed by atoms with van der Waals surface area (Å²) >= 11 is 1.66. The molecule has 0 fully saturated rings. The molecular formula is C15H13N3OS. The van der Waals surface area contributed by atoms with Gasteiger partial charge in [-0.05, 0) is 41.8 Å². The molecule has 0 aromatic carbocycles. The van der Waals surface area contributed by atoms with Gasteiger partial charge in [-0.25, -0.2) is 4.68 Å². The Hall–Kier alpha value is -2.40. The van der Waals surface area contributed by atoms with Gasteiger partial charge in [0.25, 0.3) is 5.91 Å². The molecule has 0 amide bonds. The number of hydrogen-bond donors (Lipinski definition) is 0. The second-order valence-electron chi connectivity index (χ2n) is 4.34. The predicted octanol–water partition coefficient (Wildman–Crippen LogP) is 3.14. The van der Waals surface area contributed by atoms with Crippen LogP contribution in [0.3, 0.4) is 0 Å². The van der Waals surface area contributed by atoms with Crippen LogP contribution in [0, 0.1) is 0 Å². The minimum atomic E-state index is -0.131. The lowest BCUT2D eigenvalue weighted by Gasteiger charge is -2.01. The highest BCUT2D eigenvalue weighted by molar-refractivity contribution is 7.10. The zero-order valence-electron chi connectivity index (χ0n) is 10.9. The van der Waals surface area contributed by atoms with Gasteiger partial charge >= 0.3 is 0 Å². The van der Waals surface area contributed by atoms with Crippen LogP contribution in [0.1, 0.15) is 21.1 Å². The van der Waals surface area contributed by atoms with Crippen LogP contribution < -0.4 is 0 Å². The van der Waals surface area contributed by atoms with E-state index in [0.29, 0.717) is 5.69 Å². The maximum Gasteiger partial charge on any atom is 0.294 e. The van der Waals surface area contributed by atoms with Gasteiger partial charge in [0.05, 0.1) is 5.69 Å². The standard InChI is InChI=1S/C15H13N3OS/c1-17-9-2-5-14(17)15(19)18-10-8-12(16-18)6-7-13-4-3-11-20-13/h2-11H,1H3. The van der Waals surface area contributed by atoms with E-state index in [0.717, 1.165) is 10.6 Å². The largest absolute Gasteiger partial charge is 0.347 e. The van der Waals surface area contributed by atoms with Crippen molar-refractivity contribution < 1.29 is 4.79 Å². The molecule has 4 nitrogen and oxygen atoms in total. The smallest absolute Gasteiger partial charge is 0.294 e. The van der Waals surface area contributed by atoms with Gasteiger partial charge in [-0.1, -0.05) is 6.07 Å². The van der Waals surface area contributed by atoms with Gasteiger partial charge in [-0.2, -0.15) is 5.10 Å². The Kier molecular flexibility index (Phi) is 3.35. The van der Waals surface area contributed by atoms with Crippen molar-refractivity contribution in [2.24, 2.45) is 7.05 Å². The van der Waals surface area contributed by atoms with E-state index in [-0.39, 0.29) is 5.91 Å². The Morgan fingerprint density at radius 3 is 2.80 bits per heavy atom. The van der Waals surface area contributed by atoms with Crippen molar-refractivity contribution in [3.63, 3.8) is 0 Å². The fourth-order valence-corrected chi connectivity index (χ4v) is 2.51. The molecule has 3 rings (SSSR count). The first-order valence-corrected chi connectivity index (χ1v) is 7.05. The van der Waals surface area contributed by atoms with E-state index in [1.165, 1.54) is 4.68 Å². The van der Waals surface area contributed by atoms with Crippen molar-refractivity contribution in [3.05, 3.63) is 64.4 Å². The maximum atomic E-state index is 12.2. The summed E-state index contributed by atoms with van der Waals surface area (Å²) in [6.45, 7) is 0. The number of aromatic nitrogens is 3. The molecule has 100 valence electrons. The summed E-state index contributed by atoms with van der Waals surface area (Å²) in [5.74, 6) is -0.131. The molecule has 5 heteroatoms. The van der Waals surface area contributed by atoms with Crippen molar-refractivity contribution in [2.45, 2.75) is 0 Å². The van der Waals surface area contributed by atoms with Gasteiger partial charge < -0.3 is 4.57 Å². The molecule has 0 saturated heterocycles. The molecule has 0 bridgehead atoms. The van der Waals surface area contributed by atoms with Crippen LogP contribution in [-0.2, 0) is 7.05 Å². The van der Waals surface area contributed by atoms with Crippen LogP contribution in [0.4, 0.5) is 0 Å². The van der Waals surface area contributed by atoms with E-state index in [1.54, 1.807) is 28.2 Å². The van der Waals surface area contributed by atoms with Gasteiger partial charge in [0.15, 0.2) is 0 Å². The van der Waals surface area contributed by atoms with E-state index >= 15 is 0 Å².